The van der Waals surface area contributed by atoms with E-state index in [9.17, 15) is 9.59 Å². The molecule has 1 aromatic rings. The minimum atomic E-state index is -0.471. The van der Waals surface area contributed by atoms with Crippen LogP contribution in [0.5, 0.6) is 0 Å². The predicted molar refractivity (Wildman–Crippen MR) is 79.6 cm³/mol. The normalized spacial score (nSPS) is 10.7. The molecule has 0 aliphatic heterocycles. The van der Waals surface area contributed by atoms with Gasteiger partial charge in [-0.05, 0) is 38.6 Å². The van der Waals surface area contributed by atoms with Crippen molar-refractivity contribution in [2.75, 3.05) is 13.6 Å². The van der Waals surface area contributed by atoms with Gasteiger partial charge < -0.3 is 5.32 Å². The van der Waals surface area contributed by atoms with Crippen LogP contribution in [0.15, 0.2) is 24.3 Å². The molecule has 0 aliphatic carbocycles. The van der Waals surface area contributed by atoms with Crippen LogP contribution < -0.4 is 10.6 Å². The Morgan fingerprint density at radius 1 is 1.35 bits per heavy atom. The van der Waals surface area contributed by atoms with Crippen LogP contribution in [0.2, 0.25) is 5.02 Å². The zero-order valence-electron chi connectivity index (χ0n) is 11.9. The van der Waals surface area contributed by atoms with Crippen LogP contribution >= 0.6 is 11.6 Å². The number of imide groups is 1. The Morgan fingerprint density at radius 2 is 2.05 bits per heavy atom. The third-order valence-corrected chi connectivity index (χ3v) is 2.66. The average molecular weight is 298 g/mol. The Hall–Kier alpha value is -1.59. The van der Waals surface area contributed by atoms with Crippen LogP contribution in [0.4, 0.5) is 4.79 Å². The molecule has 0 bridgehead atoms. The number of rotatable bonds is 5. The number of hydrogen-bond acceptors (Lipinski definition) is 3. The van der Waals surface area contributed by atoms with Crippen molar-refractivity contribution in [3.8, 4) is 0 Å². The van der Waals surface area contributed by atoms with Gasteiger partial charge in [0.1, 0.15) is 0 Å². The number of hydrogen-bond donors (Lipinski definition) is 2. The van der Waals surface area contributed by atoms with Crippen molar-refractivity contribution in [3.05, 3.63) is 34.9 Å². The summed E-state index contributed by atoms with van der Waals surface area (Å²) in [6.45, 7) is 4.38. The van der Waals surface area contributed by atoms with Gasteiger partial charge in [-0.1, -0.05) is 23.7 Å². The van der Waals surface area contributed by atoms with Gasteiger partial charge in [-0.25, -0.2) is 4.79 Å². The number of amides is 3. The molecule has 0 saturated carbocycles. The van der Waals surface area contributed by atoms with Crippen molar-refractivity contribution in [3.63, 3.8) is 0 Å². The number of likely N-dealkylation sites (N-methyl/N-ethyl adjacent to an activating group) is 1. The molecule has 1 aromatic carbocycles. The van der Waals surface area contributed by atoms with Crippen molar-refractivity contribution in [2.24, 2.45) is 0 Å². The van der Waals surface area contributed by atoms with E-state index in [0.717, 1.165) is 5.56 Å². The van der Waals surface area contributed by atoms with E-state index in [1.165, 1.54) is 0 Å². The predicted octanol–water partition coefficient (Wildman–Crippen LogP) is 2.01. The summed E-state index contributed by atoms with van der Waals surface area (Å²) in [6, 6.07) is 6.97. The van der Waals surface area contributed by atoms with E-state index in [-0.39, 0.29) is 18.5 Å². The van der Waals surface area contributed by atoms with Gasteiger partial charge >= 0.3 is 6.03 Å². The Balaban J connectivity index is 2.40. The highest BCUT2D eigenvalue weighted by Crippen LogP contribution is 2.11. The summed E-state index contributed by atoms with van der Waals surface area (Å²) in [5.74, 6) is -0.340. The van der Waals surface area contributed by atoms with E-state index < -0.39 is 6.03 Å². The quantitative estimate of drug-likeness (QED) is 0.874. The summed E-state index contributed by atoms with van der Waals surface area (Å²) in [6.07, 6.45) is 0. The van der Waals surface area contributed by atoms with Crippen LogP contribution in [0.3, 0.4) is 0 Å². The van der Waals surface area contributed by atoms with Crippen molar-refractivity contribution < 1.29 is 9.59 Å². The lowest BCUT2D eigenvalue weighted by Crippen LogP contribution is -2.45. The van der Waals surface area contributed by atoms with E-state index in [1.807, 2.05) is 36.9 Å². The first kappa shape index (κ1) is 16.5. The fraction of sp³-hybridized carbons (Fsp3) is 0.429. The maximum absolute atomic E-state index is 11.7. The van der Waals surface area contributed by atoms with E-state index in [4.69, 9.17) is 11.6 Å². The standard InChI is InChI=1S/C14H20ClN3O2/c1-10(2)16-14(20)17-13(19)9-18(3)8-11-5-4-6-12(15)7-11/h4-7,10H,8-9H2,1-3H3,(H2,16,17,19,20). The minimum Gasteiger partial charge on any atom is -0.336 e. The summed E-state index contributed by atoms with van der Waals surface area (Å²) in [5, 5.41) is 5.54. The fourth-order valence-corrected chi connectivity index (χ4v) is 1.93. The molecule has 0 heterocycles. The molecule has 0 saturated heterocycles. The molecule has 0 fully saturated rings. The summed E-state index contributed by atoms with van der Waals surface area (Å²) < 4.78 is 0. The van der Waals surface area contributed by atoms with Gasteiger partial charge in [0.2, 0.25) is 5.91 Å². The lowest BCUT2D eigenvalue weighted by Gasteiger charge is -2.16. The van der Waals surface area contributed by atoms with E-state index in [0.29, 0.717) is 11.6 Å². The summed E-state index contributed by atoms with van der Waals surface area (Å²) >= 11 is 5.90. The van der Waals surface area contributed by atoms with E-state index in [1.54, 1.807) is 13.1 Å². The molecule has 20 heavy (non-hydrogen) atoms. The number of nitrogens with zero attached hydrogens (tertiary/aromatic N) is 1. The van der Waals surface area contributed by atoms with Crippen molar-refractivity contribution >= 4 is 23.5 Å². The Morgan fingerprint density at radius 3 is 2.65 bits per heavy atom. The summed E-state index contributed by atoms with van der Waals surface area (Å²) in [5.41, 5.74) is 1.01. The first-order valence-electron chi connectivity index (χ1n) is 6.40. The van der Waals surface area contributed by atoms with Crippen LogP contribution in [-0.2, 0) is 11.3 Å². The highest BCUT2D eigenvalue weighted by molar-refractivity contribution is 6.30. The number of benzene rings is 1. The van der Waals surface area contributed by atoms with Crippen molar-refractivity contribution in [1.82, 2.24) is 15.5 Å². The number of halogens is 1. The Bertz CT molecular complexity index is 477. The number of carbonyl (C=O) groups excluding carboxylic acids is 2. The largest absolute Gasteiger partial charge is 0.336 e. The van der Waals surface area contributed by atoms with E-state index in [2.05, 4.69) is 10.6 Å². The monoisotopic (exact) mass is 297 g/mol. The molecular weight excluding hydrogens is 278 g/mol. The second kappa shape index (κ2) is 7.87. The minimum absolute atomic E-state index is 0.00742. The lowest BCUT2D eigenvalue weighted by molar-refractivity contribution is -0.120. The average Bonchev–Trinajstić information content (AvgIpc) is 2.26. The lowest BCUT2D eigenvalue weighted by atomic mass is 10.2. The van der Waals surface area contributed by atoms with Crippen molar-refractivity contribution in [1.29, 1.82) is 0 Å². The van der Waals surface area contributed by atoms with Gasteiger partial charge in [0.05, 0.1) is 6.54 Å². The number of urea groups is 1. The Kier molecular flexibility index (Phi) is 6.48. The van der Waals surface area contributed by atoms with Crippen LogP contribution in [0.1, 0.15) is 19.4 Å². The number of carbonyl (C=O) groups is 2. The third kappa shape index (κ3) is 6.54. The highest BCUT2D eigenvalue weighted by atomic mass is 35.5. The molecule has 3 amide bonds. The molecule has 0 aliphatic rings. The van der Waals surface area contributed by atoms with Gasteiger partial charge in [-0.3, -0.25) is 15.0 Å². The molecule has 0 unspecified atom stereocenters. The number of nitrogens with one attached hydrogen (secondary N) is 2. The highest BCUT2D eigenvalue weighted by Gasteiger charge is 2.11. The second-order valence-electron chi connectivity index (χ2n) is 4.98. The summed E-state index contributed by atoms with van der Waals surface area (Å²) in [4.78, 5) is 24.8. The molecule has 0 spiro atoms. The fourth-order valence-electron chi connectivity index (χ4n) is 1.71. The molecule has 1 rings (SSSR count). The Labute approximate surface area is 124 Å². The molecular formula is C14H20ClN3O2. The van der Waals surface area contributed by atoms with Gasteiger partial charge in [0.25, 0.3) is 0 Å². The second-order valence-corrected chi connectivity index (χ2v) is 5.41. The molecule has 0 atom stereocenters. The molecule has 6 heteroatoms. The SMILES string of the molecule is CC(C)NC(=O)NC(=O)CN(C)Cc1cccc(Cl)c1. The molecule has 110 valence electrons. The van der Waals surface area contributed by atoms with Gasteiger partial charge in [-0.2, -0.15) is 0 Å². The van der Waals surface area contributed by atoms with Crippen LogP contribution in [0.25, 0.3) is 0 Å². The zero-order valence-corrected chi connectivity index (χ0v) is 12.7. The van der Waals surface area contributed by atoms with Gasteiger partial charge in [0.15, 0.2) is 0 Å². The molecule has 0 radical (unpaired) electrons. The van der Waals surface area contributed by atoms with Crippen molar-refractivity contribution in [2.45, 2.75) is 26.4 Å². The van der Waals surface area contributed by atoms with Crippen LogP contribution in [-0.4, -0.2) is 36.5 Å². The maximum Gasteiger partial charge on any atom is 0.321 e. The smallest absolute Gasteiger partial charge is 0.321 e. The molecule has 0 aromatic heterocycles. The van der Waals surface area contributed by atoms with E-state index >= 15 is 0 Å². The van der Waals surface area contributed by atoms with Gasteiger partial charge in [-0.15, -0.1) is 0 Å². The molecule has 2 N–H and O–H groups in total. The summed E-state index contributed by atoms with van der Waals surface area (Å²) in [7, 11) is 1.81. The van der Waals surface area contributed by atoms with Crippen LogP contribution in [0, 0.1) is 0 Å². The maximum atomic E-state index is 11.7. The zero-order chi connectivity index (χ0) is 15.1. The van der Waals surface area contributed by atoms with Gasteiger partial charge in [0, 0.05) is 17.6 Å². The topological polar surface area (TPSA) is 61.4 Å². The first-order chi connectivity index (χ1) is 9.36. The third-order valence-electron chi connectivity index (χ3n) is 2.43. The molecule has 5 nitrogen and oxygen atoms in total. The first-order valence-corrected chi connectivity index (χ1v) is 6.78.